The molecule has 7 heteroatoms. The Morgan fingerprint density at radius 2 is 1.47 bits per heavy atom. The van der Waals surface area contributed by atoms with Crippen molar-refractivity contribution >= 4 is 62.8 Å². The summed E-state index contributed by atoms with van der Waals surface area (Å²) >= 11 is -3.95. The Balaban J connectivity index is 0.000000468. The number of aliphatic hydroxyl groups excluding tert-OH is 1. The molecule has 1 aromatic heterocycles. The first-order chi connectivity index (χ1) is 20.8. The van der Waals surface area contributed by atoms with E-state index in [1.165, 1.54) is 32.4 Å². The second kappa shape index (κ2) is 15.0. The summed E-state index contributed by atoms with van der Waals surface area (Å²) in [4.78, 5) is 21.7. The number of allylic oxidation sites excluding steroid dienone is 2. The molecule has 0 aliphatic carbocycles. The number of aliphatic hydroxyl groups is 1. The molecule has 0 saturated carbocycles. The van der Waals surface area contributed by atoms with Gasteiger partial charge in [0.25, 0.3) is 0 Å². The molecular weight excluding hydrogens is 878 g/mol. The van der Waals surface area contributed by atoms with Gasteiger partial charge in [-0.1, -0.05) is 41.5 Å². The summed E-state index contributed by atoms with van der Waals surface area (Å²) in [5.41, 5.74) is 5.26. The van der Waals surface area contributed by atoms with Gasteiger partial charge >= 0.3 is 206 Å². The van der Waals surface area contributed by atoms with Crippen LogP contribution < -0.4 is 8.79 Å². The smallest absolute Gasteiger partial charge is 0 e. The number of rotatable bonds is 5. The van der Waals surface area contributed by atoms with E-state index in [1.54, 1.807) is 4.40 Å². The predicted octanol–water partition coefficient (Wildman–Crippen LogP) is 10.2. The average Bonchev–Trinajstić information content (AvgIpc) is 2.90. The van der Waals surface area contributed by atoms with Crippen molar-refractivity contribution in [2.75, 3.05) is 0 Å². The van der Waals surface area contributed by atoms with Gasteiger partial charge in [-0.05, 0) is 0 Å². The molecule has 1 N–H and O–H groups in total. The van der Waals surface area contributed by atoms with E-state index in [0.29, 0.717) is 0 Å². The molecular formula is C40H57Ge2IrN2O2-. The van der Waals surface area contributed by atoms with Crippen molar-refractivity contribution in [3.05, 3.63) is 71.3 Å². The maximum atomic E-state index is 11.5. The molecule has 1 heterocycles. The van der Waals surface area contributed by atoms with Crippen LogP contribution in [-0.2, 0) is 24.9 Å². The molecule has 0 aliphatic rings. The molecule has 0 amide bonds. The summed E-state index contributed by atoms with van der Waals surface area (Å²) < 4.78 is 3.08. The van der Waals surface area contributed by atoms with E-state index < -0.39 is 31.9 Å². The number of benzene rings is 3. The third-order valence-corrected chi connectivity index (χ3v) is 17.5. The molecule has 0 atom stereocenters. The van der Waals surface area contributed by atoms with Crippen molar-refractivity contribution in [1.82, 2.24) is 9.97 Å². The monoisotopic (exact) mass is 938 g/mol. The van der Waals surface area contributed by atoms with Crippen molar-refractivity contribution in [3.63, 3.8) is 0 Å². The molecule has 257 valence electrons. The fourth-order valence-corrected chi connectivity index (χ4v) is 13.2. The topological polar surface area (TPSA) is 63.1 Å². The number of hydrogen-bond acceptors (Lipinski definition) is 4. The van der Waals surface area contributed by atoms with Gasteiger partial charge in [0.05, 0.1) is 0 Å². The minimum absolute atomic E-state index is 0. The van der Waals surface area contributed by atoms with E-state index in [-0.39, 0.29) is 43.0 Å². The molecule has 3 aromatic carbocycles. The van der Waals surface area contributed by atoms with E-state index >= 15 is 0 Å². The van der Waals surface area contributed by atoms with Gasteiger partial charge in [-0.15, -0.1) is 0 Å². The molecule has 0 fully saturated rings. The first-order valence-corrected chi connectivity index (χ1v) is 31.3. The molecule has 0 spiro atoms. The zero-order valence-electron chi connectivity index (χ0n) is 31.7. The third kappa shape index (κ3) is 9.90. The van der Waals surface area contributed by atoms with Crippen LogP contribution in [0.4, 0.5) is 0 Å². The molecule has 0 saturated heterocycles. The van der Waals surface area contributed by atoms with Gasteiger partial charge in [-0.2, -0.15) is 0 Å². The Kier molecular flexibility index (Phi) is 13.2. The van der Waals surface area contributed by atoms with Crippen molar-refractivity contribution in [3.8, 4) is 11.3 Å². The van der Waals surface area contributed by atoms with Crippen LogP contribution >= 0.6 is 0 Å². The minimum Gasteiger partial charge on any atom is 0 e. The summed E-state index contributed by atoms with van der Waals surface area (Å²) in [6, 6.07) is 17.2. The van der Waals surface area contributed by atoms with E-state index in [4.69, 9.17) is 9.97 Å². The SMILES string of the molecule is CC(C)(C)C(=O)/C=C(\O)C(C)(C)C.Cc1cc2ccc3c(-c4[c-]c[c]([Ge]([CH3])([CH3])[CH3])cc4)nc(C(C)C)nc3c2c(C)[c]1[Ge]([CH3])([CH3])[CH3].[Ir]. The second-order valence-corrected chi connectivity index (χ2v) is 38.4. The van der Waals surface area contributed by atoms with Gasteiger partial charge in [0.1, 0.15) is 5.76 Å². The number of ketones is 1. The first-order valence-electron chi connectivity index (χ1n) is 16.6. The molecule has 1 radical (unpaired) electrons. The van der Waals surface area contributed by atoms with Crippen LogP contribution in [0, 0.1) is 30.7 Å². The third-order valence-electron chi connectivity index (χ3n) is 8.41. The minimum atomic E-state index is -2.06. The molecule has 4 rings (SSSR count). The van der Waals surface area contributed by atoms with Gasteiger partial charge in [0, 0.05) is 37.0 Å². The van der Waals surface area contributed by atoms with E-state index in [2.05, 4.69) is 105 Å². The van der Waals surface area contributed by atoms with Crippen molar-refractivity contribution in [2.24, 2.45) is 10.8 Å². The van der Waals surface area contributed by atoms with Gasteiger partial charge in [-0.25, -0.2) is 0 Å². The normalized spacial score (nSPS) is 13.0. The summed E-state index contributed by atoms with van der Waals surface area (Å²) in [6.45, 7) is 20.1. The Hall–Kier alpha value is -1.79. The Labute approximate surface area is 303 Å². The van der Waals surface area contributed by atoms with Crippen LogP contribution in [0.1, 0.15) is 78.3 Å². The zero-order chi connectivity index (χ0) is 35.2. The molecule has 4 aromatic rings. The van der Waals surface area contributed by atoms with Crippen LogP contribution in [0.25, 0.3) is 32.9 Å². The summed E-state index contributed by atoms with van der Waals surface area (Å²) in [7, 11) is 0. The first kappa shape index (κ1) is 41.4. The molecule has 47 heavy (non-hydrogen) atoms. The van der Waals surface area contributed by atoms with Gasteiger partial charge < -0.3 is 5.11 Å². The van der Waals surface area contributed by atoms with E-state index in [0.717, 1.165) is 28.0 Å². The van der Waals surface area contributed by atoms with Gasteiger partial charge in [0.2, 0.25) is 0 Å². The standard InChI is InChI=1S/C29H37Ge2N2.C11H20O2.Ir/c1-18(2)29-32-27(21-11-14-23(15-12-21)30(5,6)7)24-16-13-22-17-19(3)26(31(8,9)10)20(4)25(22)28(24)33-29;1-10(2,3)8(12)7-9(13)11(4,5)6;/h11,13-18H,1-10H3;7,12H,1-6H3;/q-1;;/b;8-7-;. The largest absolute Gasteiger partial charge is 0 e. The maximum absolute atomic E-state index is 11.5. The van der Waals surface area contributed by atoms with Crippen LogP contribution in [0.3, 0.4) is 0 Å². The number of nitrogens with zero attached hydrogens (tertiary/aromatic N) is 2. The number of hydrogen-bond donors (Lipinski definition) is 1. The predicted molar refractivity (Wildman–Crippen MR) is 205 cm³/mol. The fourth-order valence-electron chi connectivity index (χ4n) is 5.68. The zero-order valence-corrected chi connectivity index (χ0v) is 38.3. The Morgan fingerprint density at radius 3 is 1.91 bits per heavy atom. The summed E-state index contributed by atoms with van der Waals surface area (Å²) in [5.74, 6) is 16.0. The Morgan fingerprint density at radius 1 is 0.872 bits per heavy atom. The van der Waals surface area contributed by atoms with Crippen LogP contribution in [0.5, 0.6) is 0 Å². The van der Waals surface area contributed by atoms with Gasteiger partial charge in [0.15, 0.2) is 5.78 Å². The quantitative estimate of drug-likeness (QED) is 0.0712. The summed E-state index contributed by atoms with van der Waals surface area (Å²) in [6.07, 6.45) is 1.33. The molecule has 4 nitrogen and oxygen atoms in total. The number of aromatic nitrogens is 2. The van der Waals surface area contributed by atoms with E-state index in [9.17, 15) is 9.90 Å². The van der Waals surface area contributed by atoms with Crippen molar-refractivity contribution in [2.45, 2.75) is 110 Å². The second-order valence-electron chi connectivity index (χ2n) is 17.2. The fraction of sp³-hybridized carbons (Fsp3) is 0.475. The summed E-state index contributed by atoms with van der Waals surface area (Å²) in [5, 5.41) is 13.3. The van der Waals surface area contributed by atoms with Crippen molar-refractivity contribution < 1.29 is 30.0 Å². The number of carbonyl (C=O) groups excluding carboxylic acids is 1. The Bertz CT molecular complexity index is 1780. The maximum Gasteiger partial charge on any atom is 0 e. The van der Waals surface area contributed by atoms with E-state index in [1.807, 2.05) is 41.5 Å². The number of carbonyl (C=O) groups is 1. The van der Waals surface area contributed by atoms with Gasteiger partial charge in [-0.3, -0.25) is 4.79 Å². The molecule has 0 aliphatic heterocycles. The van der Waals surface area contributed by atoms with Crippen molar-refractivity contribution in [1.29, 1.82) is 0 Å². The molecule has 0 unspecified atom stereocenters. The average molecular weight is 935 g/mol. The number of aryl methyl sites for hydroxylation is 2. The van der Waals surface area contributed by atoms with Crippen LogP contribution in [0.15, 0.2) is 48.2 Å². The van der Waals surface area contributed by atoms with Crippen LogP contribution in [-0.4, -0.2) is 47.4 Å². The molecule has 0 bridgehead atoms. The van der Waals surface area contributed by atoms with Crippen LogP contribution in [0.2, 0.25) is 34.5 Å². The number of fused-ring (bicyclic) bond motifs is 3.